The van der Waals surface area contributed by atoms with Crippen molar-refractivity contribution in [3.63, 3.8) is 0 Å². The second-order valence-corrected chi connectivity index (χ2v) is 6.91. The molecule has 1 amide bonds. The van der Waals surface area contributed by atoms with E-state index in [9.17, 15) is 4.79 Å². The van der Waals surface area contributed by atoms with Crippen LogP contribution in [0.2, 0.25) is 0 Å². The first-order valence-corrected chi connectivity index (χ1v) is 8.83. The summed E-state index contributed by atoms with van der Waals surface area (Å²) < 4.78 is 0. The summed E-state index contributed by atoms with van der Waals surface area (Å²) in [6.45, 7) is 0.424. The van der Waals surface area contributed by atoms with Crippen LogP contribution in [0, 0.1) is 10.8 Å². The van der Waals surface area contributed by atoms with Crippen molar-refractivity contribution in [1.29, 1.82) is 10.8 Å². The van der Waals surface area contributed by atoms with Crippen LogP contribution in [0.15, 0.2) is 24.3 Å². The zero-order valence-corrected chi connectivity index (χ0v) is 15.1. The third-order valence-electron chi connectivity index (χ3n) is 3.15. The number of carbonyl (C=O) groups excluding carboxylic acids is 1. The maximum atomic E-state index is 11.9. The topological polar surface area (TPSA) is 129 Å². The summed E-state index contributed by atoms with van der Waals surface area (Å²) in [4.78, 5) is 12.4. The summed E-state index contributed by atoms with van der Waals surface area (Å²) >= 11 is 5.75. The average Bonchev–Trinajstić information content (AvgIpc) is 2.51. The Kier molecular flexibility index (Phi) is 9.21. The second kappa shape index (κ2) is 10.9. The Labute approximate surface area is 151 Å². The van der Waals surface area contributed by atoms with Crippen LogP contribution in [0.4, 0.5) is 0 Å². The average molecular weight is 366 g/mol. The van der Waals surface area contributed by atoms with Gasteiger partial charge in [-0.05, 0) is 48.6 Å². The Morgan fingerprint density at radius 1 is 1.21 bits per heavy atom. The zero-order chi connectivity index (χ0) is 17.9. The maximum absolute atomic E-state index is 11.9. The van der Waals surface area contributed by atoms with Gasteiger partial charge < -0.3 is 16.8 Å². The molecule has 0 fully saturated rings. The predicted molar refractivity (Wildman–Crippen MR) is 104 cm³/mol. The fraction of sp³-hybridized carbons (Fsp3) is 0.375. The maximum Gasteiger partial charge on any atom is 0.230 e. The Morgan fingerprint density at radius 3 is 2.54 bits per heavy atom. The van der Waals surface area contributed by atoms with Gasteiger partial charge in [0.15, 0.2) is 5.17 Å². The summed E-state index contributed by atoms with van der Waals surface area (Å²) in [7, 11) is 0. The minimum absolute atomic E-state index is 0.0330. The van der Waals surface area contributed by atoms with Crippen LogP contribution in [0.1, 0.15) is 36.8 Å². The van der Waals surface area contributed by atoms with Gasteiger partial charge in [0, 0.05) is 6.54 Å². The Balaban J connectivity index is 2.31. The molecular formula is C16H23N5OS2. The van der Waals surface area contributed by atoms with Crippen molar-refractivity contribution in [3.05, 3.63) is 35.4 Å². The first kappa shape index (κ1) is 20.3. The number of carbonyl (C=O) groups is 1. The van der Waals surface area contributed by atoms with E-state index in [2.05, 4.69) is 5.32 Å². The minimum atomic E-state index is -0.275. The highest BCUT2D eigenvalue weighted by molar-refractivity contribution is 8.26. The van der Waals surface area contributed by atoms with Gasteiger partial charge in [0.1, 0.15) is 0 Å². The van der Waals surface area contributed by atoms with Crippen molar-refractivity contribution in [1.82, 2.24) is 5.32 Å². The number of thiocarbonyl (C=S) groups is 1. The highest BCUT2D eigenvalue weighted by atomic mass is 32.2. The third kappa shape index (κ3) is 8.76. The molecule has 0 saturated heterocycles. The molecular weight excluding hydrogens is 342 g/mol. The quantitative estimate of drug-likeness (QED) is 0.209. The number of unbranched alkanes of at least 4 members (excludes halogenated alkanes) is 1. The van der Waals surface area contributed by atoms with Gasteiger partial charge in [-0.2, -0.15) is 0 Å². The van der Waals surface area contributed by atoms with Crippen LogP contribution in [0.3, 0.4) is 0 Å². The fourth-order valence-electron chi connectivity index (χ4n) is 2.01. The third-order valence-corrected chi connectivity index (χ3v) is 4.11. The molecule has 0 aliphatic heterocycles. The largest absolute Gasteiger partial charge is 0.393 e. The highest BCUT2D eigenvalue weighted by Gasteiger charge is 2.09. The SMILES string of the molecule is N=C(CCCCC(N)=S)SC(=N)NC(=O)Cc1cccc(CN)c1. The minimum Gasteiger partial charge on any atom is -0.393 e. The van der Waals surface area contributed by atoms with Crippen LogP contribution >= 0.6 is 24.0 Å². The van der Waals surface area contributed by atoms with Crippen LogP contribution in [-0.2, 0) is 17.8 Å². The van der Waals surface area contributed by atoms with E-state index in [-0.39, 0.29) is 17.5 Å². The zero-order valence-electron chi connectivity index (χ0n) is 13.4. The lowest BCUT2D eigenvalue weighted by Crippen LogP contribution is -2.29. The Bertz CT molecular complexity index is 618. The van der Waals surface area contributed by atoms with E-state index in [0.29, 0.717) is 29.4 Å². The molecule has 0 aromatic heterocycles. The number of hydrogen-bond acceptors (Lipinski definition) is 6. The van der Waals surface area contributed by atoms with Crippen molar-refractivity contribution in [2.24, 2.45) is 11.5 Å². The number of amidine groups is 1. The molecule has 130 valence electrons. The van der Waals surface area contributed by atoms with Crippen molar-refractivity contribution in [2.45, 2.75) is 38.6 Å². The molecule has 24 heavy (non-hydrogen) atoms. The van der Waals surface area contributed by atoms with Gasteiger partial charge >= 0.3 is 0 Å². The van der Waals surface area contributed by atoms with E-state index in [1.807, 2.05) is 24.3 Å². The molecule has 0 aliphatic rings. The lowest BCUT2D eigenvalue weighted by molar-refractivity contribution is -0.119. The normalized spacial score (nSPS) is 10.2. The summed E-state index contributed by atoms with van der Waals surface area (Å²) in [5.74, 6) is -0.275. The second-order valence-electron chi connectivity index (χ2n) is 5.28. The molecule has 0 unspecified atom stereocenters. The molecule has 1 aromatic carbocycles. The Hall–Kier alpha value is -1.77. The number of nitrogens with one attached hydrogen (secondary N) is 3. The van der Waals surface area contributed by atoms with E-state index >= 15 is 0 Å². The van der Waals surface area contributed by atoms with E-state index in [1.54, 1.807) is 0 Å². The molecule has 1 rings (SSSR count). The molecule has 1 aromatic rings. The first-order chi connectivity index (χ1) is 11.4. The smallest absolute Gasteiger partial charge is 0.230 e. The molecule has 0 radical (unpaired) electrons. The van der Waals surface area contributed by atoms with Crippen molar-refractivity contribution in [3.8, 4) is 0 Å². The van der Waals surface area contributed by atoms with Crippen molar-refractivity contribution in [2.75, 3.05) is 0 Å². The van der Waals surface area contributed by atoms with Gasteiger partial charge in [-0.3, -0.25) is 15.6 Å². The molecule has 8 heteroatoms. The van der Waals surface area contributed by atoms with Crippen LogP contribution in [0.25, 0.3) is 0 Å². The fourth-order valence-corrected chi connectivity index (χ4v) is 2.81. The first-order valence-electron chi connectivity index (χ1n) is 7.60. The molecule has 0 heterocycles. The van der Waals surface area contributed by atoms with Crippen LogP contribution in [-0.4, -0.2) is 21.1 Å². The van der Waals surface area contributed by atoms with Gasteiger partial charge in [0.25, 0.3) is 0 Å². The van der Waals surface area contributed by atoms with Crippen LogP contribution < -0.4 is 16.8 Å². The summed E-state index contributed by atoms with van der Waals surface area (Å²) in [5, 5.41) is 18.4. The summed E-state index contributed by atoms with van der Waals surface area (Å²) in [5.41, 5.74) is 12.8. The van der Waals surface area contributed by atoms with Gasteiger partial charge in [0.05, 0.1) is 16.5 Å². The van der Waals surface area contributed by atoms with Gasteiger partial charge in [-0.15, -0.1) is 0 Å². The lowest BCUT2D eigenvalue weighted by atomic mass is 10.1. The highest BCUT2D eigenvalue weighted by Crippen LogP contribution is 2.11. The monoisotopic (exact) mass is 365 g/mol. The van der Waals surface area contributed by atoms with E-state index in [0.717, 1.165) is 35.7 Å². The van der Waals surface area contributed by atoms with Crippen molar-refractivity contribution < 1.29 is 4.79 Å². The van der Waals surface area contributed by atoms with Crippen LogP contribution in [0.5, 0.6) is 0 Å². The number of benzene rings is 1. The number of hydrogen-bond donors (Lipinski definition) is 5. The summed E-state index contributed by atoms with van der Waals surface area (Å²) in [6.07, 6.45) is 3.01. The molecule has 7 N–H and O–H groups in total. The molecule has 6 nitrogen and oxygen atoms in total. The van der Waals surface area contributed by atoms with Gasteiger partial charge in [-0.1, -0.05) is 36.5 Å². The molecule has 0 bridgehead atoms. The Morgan fingerprint density at radius 2 is 1.88 bits per heavy atom. The number of amides is 1. The van der Waals surface area contributed by atoms with Gasteiger partial charge in [0.2, 0.25) is 5.91 Å². The number of rotatable bonds is 8. The molecule has 0 saturated carbocycles. The predicted octanol–water partition coefficient (Wildman–Crippen LogP) is 2.30. The molecule has 0 aliphatic carbocycles. The summed E-state index contributed by atoms with van der Waals surface area (Å²) in [6, 6.07) is 7.48. The standard InChI is InChI=1S/C16H23N5OS2/c17-10-12-5-3-4-11(8-12)9-15(22)21-16(20)24-14(19)7-2-1-6-13(18)23/h3-5,8,19H,1-2,6-7,9-10,17H2,(H2,18,23)(H2,20,21,22). The van der Waals surface area contributed by atoms with E-state index in [1.165, 1.54) is 0 Å². The van der Waals surface area contributed by atoms with E-state index in [4.69, 9.17) is 34.5 Å². The molecule has 0 spiro atoms. The molecule has 0 atom stereocenters. The number of thioether (sulfide) groups is 1. The lowest BCUT2D eigenvalue weighted by Gasteiger charge is -2.08. The van der Waals surface area contributed by atoms with Gasteiger partial charge in [-0.25, -0.2) is 0 Å². The van der Waals surface area contributed by atoms with E-state index < -0.39 is 0 Å². The number of nitrogens with two attached hydrogens (primary N) is 2. The van der Waals surface area contributed by atoms with Crippen molar-refractivity contribution >= 4 is 45.1 Å².